The van der Waals surface area contributed by atoms with E-state index in [1.165, 1.54) is 43.2 Å². The summed E-state index contributed by atoms with van der Waals surface area (Å²) >= 11 is 1.87. The van der Waals surface area contributed by atoms with Crippen molar-refractivity contribution in [1.82, 2.24) is 9.78 Å². The Morgan fingerprint density at radius 1 is 1.23 bits per heavy atom. The van der Waals surface area contributed by atoms with Crippen LogP contribution in [-0.2, 0) is 16.3 Å². The Morgan fingerprint density at radius 2 is 2.04 bits per heavy atom. The van der Waals surface area contributed by atoms with Gasteiger partial charge in [-0.15, -0.1) is 0 Å². The SMILES string of the molecule is Cc1ccccc1-n1nc2c(c1NC(=O)CCC1CCCCC1)CSC2. The van der Waals surface area contributed by atoms with Crippen LogP contribution in [0.3, 0.4) is 0 Å². The third kappa shape index (κ3) is 3.68. The molecule has 1 fully saturated rings. The number of nitrogens with one attached hydrogen (secondary N) is 1. The van der Waals surface area contributed by atoms with Gasteiger partial charge in [0.2, 0.25) is 5.91 Å². The zero-order valence-electron chi connectivity index (χ0n) is 15.5. The largest absolute Gasteiger partial charge is 0.310 e. The molecule has 0 saturated heterocycles. The zero-order chi connectivity index (χ0) is 17.9. The van der Waals surface area contributed by atoms with Crippen LogP contribution in [0.25, 0.3) is 5.69 Å². The first kappa shape index (κ1) is 17.7. The minimum absolute atomic E-state index is 0.130. The van der Waals surface area contributed by atoms with Gasteiger partial charge in [0.25, 0.3) is 0 Å². The van der Waals surface area contributed by atoms with Gasteiger partial charge in [0.1, 0.15) is 5.82 Å². The quantitative estimate of drug-likeness (QED) is 0.785. The molecule has 0 unspecified atom stereocenters. The van der Waals surface area contributed by atoms with Gasteiger partial charge in [-0.2, -0.15) is 16.9 Å². The molecular formula is C21H27N3OS. The van der Waals surface area contributed by atoms with E-state index in [4.69, 9.17) is 5.10 Å². The normalized spacial score (nSPS) is 17.3. The van der Waals surface area contributed by atoms with Crippen LogP contribution in [0, 0.1) is 12.8 Å². The minimum Gasteiger partial charge on any atom is -0.310 e. The van der Waals surface area contributed by atoms with E-state index < -0.39 is 0 Å². The fraction of sp³-hybridized carbons (Fsp3) is 0.524. The van der Waals surface area contributed by atoms with Crippen molar-refractivity contribution < 1.29 is 4.79 Å². The molecule has 2 aliphatic rings. The number of aryl methyl sites for hydroxylation is 1. The molecule has 1 aromatic carbocycles. The lowest BCUT2D eigenvalue weighted by molar-refractivity contribution is -0.116. The maximum atomic E-state index is 12.7. The molecule has 0 spiro atoms. The van der Waals surface area contributed by atoms with Crippen LogP contribution < -0.4 is 5.32 Å². The lowest BCUT2D eigenvalue weighted by atomic mass is 9.86. The summed E-state index contributed by atoms with van der Waals surface area (Å²) in [5.41, 5.74) is 4.53. The van der Waals surface area contributed by atoms with Crippen LogP contribution in [0.15, 0.2) is 24.3 Å². The van der Waals surface area contributed by atoms with Gasteiger partial charge in [0, 0.05) is 23.5 Å². The molecule has 5 heteroatoms. The second-order valence-corrected chi connectivity index (χ2v) is 8.54. The maximum absolute atomic E-state index is 12.7. The van der Waals surface area contributed by atoms with Crippen molar-refractivity contribution in [3.05, 3.63) is 41.1 Å². The summed E-state index contributed by atoms with van der Waals surface area (Å²) in [6.07, 6.45) is 8.24. The number of nitrogens with zero attached hydrogens (tertiary/aromatic N) is 2. The Morgan fingerprint density at radius 3 is 2.85 bits per heavy atom. The van der Waals surface area contributed by atoms with Crippen LogP contribution in [0.4, 0.5) is 5.82 Å². The minimum atomic E-state index is 0.130. The van der Waals surface area contributed by atoms with Crippen LogP contribution in [0.1, 0.15) is 61.8 Å². The van der Waals surface area contributed by atoms with Crippen molar-refractivity contribution in [1.29, 1.82) is 0 Å². The van der Waals surface area contributed by atoms with E-state index in [1.807, 2.05) is 28.6 Å². The zero-order valence-corrected chi connectivity index (χ0v) is 16.3. The number of amides is 1. The highest BCUT2D eigenvalue weighted by Crippen LogP contribution is 2.36. The highest BCUT2D eigenvalue weighted by Gasteiger charge is 2.25. The van der Waals surface area contributed by atoms with E-state index in [-0.39, 0.29) is 5.91 Å². The van der Waals surface area contributed by atoms with Crippen molar-refractivity contribution >= 4 is 23.5 Å². The number of hydrogen-bond acceptors (Lipinski definition) is 3. The Hall–Kier alpha value is -1.75. The lowest BCUT2D eigenvalue weighted by Crippen LogP contribution is -2.18. The van der Waals surface area contributed by atoms with Crippen LogP contribution in [-0.4, -0.2) is 15.7 Å². The summed E-state index contributed by atoms with van der Waals surface area (Å²) < 4.78 is 1.94. The van der Waals surface area contributed by atoms with Gasteiger partial charge in [0.15, 0.2) is 0 Å². The first-order valence-corrected chi connectivity index (χ1v) is 10.9. The Labute approximate surface area is 159 Å². The van der Waals surface area contributed by atoms with Gasteiger partial charge in [0.05, 0.1) is 11.4 Å². The third-order valence-electron chi connectivity index (χ3n) is 5.66. The number of aromatic nitrogens is 2. The van der Waals surface area contributed by atoms with Gasteiger partial charge in [-0.3, -0.25) is 4.79 Å². The Bertz CT molecular complexity index is 793. The second-order valence-electron chi connectivity index (χ2n) is 7.56. The summed E-state index contributed by atoms with van der Waals surface area (Å²) in [7, 11) is 0. The molecule has 1 aromatic heterocycles. The molecule has 1 N–H and O–H groups in total. The lowest BCUT2D eigenvalue weighted by Gasteiger charge is -2.21. The molecule has 4 nitrogen and oxygen atoms in total. The first-order chi connectivity index (χ1) is 12.7. The van der Waals surface area contributed by atoms with Gasteiger partial charge in [-0.1, -0.05) is 50.3 Å². The van der Waals surface area contributed by atoms with Gasteiger partial charge in [-0.25, -0.2) is 4.68 Å². The number of fused-ring (bicyclic) bond motifs is 1. The van der Waals surface area contributed by atoms with Crippen LogP contribution in [0.5, 0.6) is 0 Å². The fourth-order valence-corrected chi connectivity index (χ4v) is 5.16. The summed E-state index contributed by atoms with van der Waals surface area (Å²) in [6, 6.07) is 8.22. The van der Waals surface area contributed by atoms with Crippen molar-refractivity contribution in [2.24, 2.45) is 5.92 Å². The molecule has 1 amide bonds. The molecular weight excluding hydrogens is 342 g/mol. The van der Waals surface area contributed by atoms with Crippen molar-refractivity contribution in [3.8, 4) is 5.69 Å². The molecule has 1 saturated carbocycles. The number of carbonyl (C=O) groups excluding carboxylic acids is 1. The molecule has 0 radical (unpaired) electrons. The highest BCUT2D eigenvalue weighted by atomic mass is 32.2. The number of hydrogen-bond donors (Lipinski definition) is 1. The molecule has 4 rings (SSSR count). The third-order valence-corrected chi connectivity index (χ3v) is 6.63. The van der Waals surface area contributed by atoms with Crippen molar-refractivity contribution in [3.63, 3.8) is 0 Å². The van der Waals surface area contributed by atoms with E-state index in [2.05, 4.69) is 24.4 Å². The van der Waals surface area contributed by atoms with E-state index in [9.17, 15) is 4.79 Å². The molecule has 1 aliphatic heterocycles. The summed E-state index contributed by atoms with van der Waals surface area (Å²) in [6.45, 7) is 2.09. The van der Waals surface area contributed by atoms with E-state index in [1.54, 1.807) is 0 Å². The second kappa shape index (κ2) is 7.87. The van der Waals surface area contributed by atoms with Crippen LogP contribution >= 0.6 is 11.8 Å². The fourth-order valence-electron chi connectivity index (χ4n) is 4.12. The number of rotatable bonds is 5. The Kier molecular flexibility index (Phi) is 5.34. The molecule has 2 heterocycles. The van der Waals surface area contributed by atoms with Gasteiger partial charge in [-0.05, 0) is 30.9 Å². The highest BCUT2D eigenvalue weighted by molar-refractivity contribution is 7.98. The van der Waals surface area contributed by atoms with Crippen molar-refractivity contribution in [2.45, 2.75) is 63.4 Å². The molecule has 26 heavy (non-hydrogen) atoms. The smallest absolute Gasteiger partial charge is 0.225 e. The average molecular weight is 370 g/mol. The molecule has 0 bridgehead atoms. The van der Waals surface area contributed by atoms with E-state index >= 15 is 0 Å². The average Bonchev–Trinajstić information content (AvgIpc) is 3.24. The number of para-hydroxylation sites is 1. The topological polar surface area (TPSA) is 46.9 Å². The summed E-state index contributed by atoms with van der Waals surface area (Å²) in [5.74, 6) is 3.61. The number of thioether (sulfide) groups is 1. The standard InChI is InChI=1S/C21H27N3OS/c1-15-7-5-6-10-19(15)24-21(17-13-26-14-18(17)23-24)22-20(25)12-11-16-8-3-2-4-9-16/h5-7,10,16H,2-4,8-9,11-14H2,1H3,(H,22,25). The monoisotopic (exact) mass is 369 g/mol. The molecule has 138 valence electrons. The maximum Gasteiger partial charge on any atom is 0.225 e. The van der Waals surface area contributed by atoms with E-state index in [0.29, 0.717) is 6.42 Å². The molecule has 2 aromatic rings. The van der Waals surface area contributed by atoms with Gasteiger partial charge < -0.3 is 5.32 Å². The summed E-state index contributed by atoms with van der Waals surface area (Å²) in [4.78, 5) is 12.7. The molecule has 1 aliphatic carbocycles. The predicted molar refractivity (Wildman–Crippen MR) is 108 cm³/mol. The summed E-state index contributed by atoms with van der Waals surface area (Å²) in [5, 5.41) is 8.01. The molecule has 0 atom stereocenters. The van der Waals surface area contributed by atoms with Gasteiger partial charge >= 0.3 is 0 Å². The van der Waals surface area contributed by atoms with Crippen LogP contribution in [0.2, 0.25) is 0 Å². The van der Waals surface area contributed by atoms with E-state index in [0.717, 1.165) is 41.0 Å². The predicted octanol–water partition coefficient (Wildman–Crippen LogP) is 5.23. The number of benzene rings is 1. The number of anilines is 1. The number of carbonyl (C=O) groups is 1. The first-order valence-electron chi connectivity index (χ1n) is 9.77. The van der Waals surface area contributed by atoms with Crippen molar-refractivity contribution in [2.75, 3.05) is 5.32 Å². The Balaban J connectivity index is 1.52.